The van der Waals surface area contributed by atoms with Gasteiger partial charge in [0.15, 0.2) is 0 Å². The molecular formula is C15H22N2O3. The first kappa shape index (κ1) is 16.2. The topological polar surface area (TPSA) is 49.9 Å². The van der Waals surface area contributed by atoms with Gasteiger partial charge in [0.25, 0.3) is 0 Å². The van der Waals surface area contributed by atoms with Crippen molar-refractivity contribution in [3.63, 3.8) is 0 Å². The zero-order valence-electron chi connectivity index (χ0n) is 12.3. The van der Waals surface area contributed by atoms with E-state index < -0.39 is 0 Å². The normalized spacial score (nSPS) is 10.4. The van der Waals surface area contributed by atoms with E-state index in [1.54, 1.807) is 25.9 Å². The fourth-order valence-electron chi connectivity index (χ4n) is 1.73. The number of ether oxygens (including phenoxy) is 1. The van der Waals surface area contributed by atoms with Crippen LogP contribution in [0.25, 0.3) is 0 Å². The minimum absolute atomic E-state index is 0.0368. The lowest BCUT2D eigenvalue weighted by Gasteiger charge is -2.22. The first-order chi connectivity index (χ1) is 9.52. The third-order valence-corrected chi connectivity index (χ3v) is 2.76. The lowest BCUT2D eigenvalue weighted by Crippen LogP contribution is -2.39. The zero-order valence-corrected chi connectivity index (χ0v) is 12.3. The standard InChI is InChI=1S/C15H22N2O3/c1-4-20-15(19)12-17(11-14(18)16(2)3)10-13-8-6-5-7-9-13/h5-9H,4,10-12H2,1-3H3. The number of esters is 1. The SMILES string of the molecule is CCOC(=O)CN(CC(=O)N(C)C)Cc1ccccc1. The summed E-state index contributed by atoms with van der Waals surface area (Å²) in [7, 11) is 3.40. The van der Waals surface area contributed by atoms with E-state index >= 15 is 0 Å². The maximum atomic E-state index is 11.8. The number of carbonyl (C=O) groups excluding carboxylic acids is 2. The molecule has 5 nitrogen and oxygen atoms in total. The molecule has 1 amide bonds. The Hall–Kier alpha value is -1.88. The molecule has 5 heteroatoms. The van der Waals surface area contributed by atoms with Gasteiger partial charge in [0.05, 0.1) is 19.7 Å². The maximum Gasteiger partial charge on any atom is 0.320 e. The number of carbonyl (C=O) groups is 2. The number of hydrogen-bond donors (Lipinski definition) is 0. The first-order valence-electron chi connectivity index (χ1n) is 6.65. The maximum absolute atomic E-state index is 11.8. The summed E-state index contributed by atoms with van der Waals surface area (Å²) in [5.74, 6) is -0.347. The Labute approximate surface area is 120 Å². The third-order valence-electron chi connectivity index (χ3n) is 2.76. The van der Waals surface area contributed by atoms with Crippen molar-refractivity contribution >= 4 is 11.9 Å². The van der Waals surface area contributed by atoms with E-state index in [1.165, 1.54) is 4.90 Å². The molecule has 1 aromatic carbocycles. The lowest BCUT2D eigenvalue weighted by atomic mass is 10.2. The summed E-state index contributed by atoms with van der Waals surface area (Å²) < 4.78 is 4.95. The van der Waals surface area contributed by atoms with Gasteiger partial charge in [-0.2, -0.15) is 0 Å². The fourth-order valence-corrected chi connectivity index (χ4v) is 1.73. The molecular weight excluding hydrogens is 256 g/mol. The van der Waals surface area contributed by atoms with Gasteiger partial charge in [0, 0.05) is 20.6 Å². The van der Waals surface area contributed by atoms with E-state index in [1.807, 2.05) is 30.3 Å². The van der Waals surface area contributed by atoms with E-state index in [-0.39, 0.29) is 25.0 Å². The highest BCUT2D eigenvalue weighted by molar-refractivity contribution is 5.79. The van der Waals surface area contributed by atoms with Crippen LogP contribution in [0.5, 0.6) is 0 Å². The van der Waals surface area contributed by atoms with Crippen LogP contribution in [-0.4, -0.2) is 55.5 Å². The van der Waals surface area contributed by atoms with Crippen LogP contribution in [0.4, 0.5) is 0 Å². The average molecular weight is 278 g/mol. The number of amides is 1. The van der Waals surface area contributed by atoms with Crippen LogP contribution in [0.3, 0.4) is 0 Å². The van der Waals surface area contributed by atoms with Crippen LogP contribution >= 0.6 is 0 Å². The van der Waals surface area contributed by atoms with Crippen LogP contribution in [0.15, 0.2) is 30.3 Å². The Bertz CT molecular complexity index is 432. The second kappa shape index (κ2) is 8.32. The molecule has 0 atom stereocenters. The molecule has 0 fully saturated rings. The van der Waals surface area contributed by atoms with Gasteiger partial charge < -0.3 is 9.64 Å². The van der Waals surface area contributed by atoms with E-state index in [9.17, 15) is 9.59 Å². The molecule has 0 N–H and O–H groups in total. The van der Waals surface area contributed by atoms with E-state index in [4.69, 9.17) is 4.74 Å². The monoisotopic (exact) mass is 278 g/mol. The van der Waals surface area contributed by atoms with Gasteiger partial charge in [-0.1, -0.05) is 30.3 Å². The highest BCUT2D eigenvalue weighted by Gasteiger charge is 2.16. The third kappa shape index (κ3) is 5.84. The van der Waals surface area contributed by atoms with Crippen LogP contribution in [-0.2, 0) is 20.9 Å². The summed E-state index contributed by atoms with van der Waals surface area (Å²) in [6.07, 6.45) is 0. The minimum atomic E-state index is -0.310. The second-order valence-corrected chi connectivity index (χ2v) is 4.72. The molecule has 0 aliphatic carbocycles. The fraction of sp³-hybridized carbons (Fsp3) is 0.467. The zero-order chi connectivity index (χ0) is 15.0. The van der Waals surface area contributed by atoms with Crippen molar-refractivity contribution in [3.05, 3.63) is 35.9 Å². The lowest BCUT2D eigenvalue weighted by molar-refractivity contribution is -0.145. The smallest absolute Gasteiger partial charge is 0.320 e. The highest BCUT2D eigenvalue weighted by Crippen LogP contribution is 2.05. The van der Waals surface area contributed by atoms with Gasteiger partial charge in [0.1, 0.15) is 0 Å². The number of likely N-dealkylation sites (N-methyl/N-ethyl adjacent to an activating group) is 1. The van der Waals surface area contributed by atoms with Crippen molar-refractivity contribution < 1.29 is 14.3 Å². The van der Waals surface area contributed by atoms with Gasteiger partial charge in [-0.25, -0.2) is 0 Å². The molecule has 0 saturated heterocycles. The number of rotatable bonds is 7. The minimum Gasteiger partial charge on any atom is -0.465 e. The molecule has 0 aromatic heterocycles. The summed E-state index contributed by atoms with van der Waals surface area (Å²) in [5, 5.41) is 0. The van der Waals surface area contributed by atoms with E-state index in [0.29, 0.717) is 13.2 Å². The molecule has 0 bridgehead atoms. The van der Waals surface area contributed by atoms with Crippen molar-refractivity contribution in [2.45, 2.75) is 13.5 Å². The number of benzene rings is 1. The summed E-state index contributed by atoms with van der Waals surface area (Å²) in [6, 6.07) is 9.75. The Morgan fingerprint density at radius 3 is 2.30 bits per heavy atom. The van der Waals surface area contributed by atoms with Crippen molar-refractivity contribution in [2.24, 2.45) is 0 Å². The predicted molar refractivity (Wildman–Crippen MR) is 77.0 cm³/mol. The molecule has 0 spiro atoms. The van der Waals surface area contributed by atoms with Crippen molar-refractivity contribution in [1.82, 2.24) is 9.80 Å². The molecule has 110 valence electrons. The molecule has 1 aromatic rings. The van der Waals surface area contributed by atoms with Gasteiger partial charge in [-0.3, -0.25) is 14.5 Å². The van der Waals surface area contributed by atoms with Crippen LogP contribution in [0.2, 0.25) is 0 Å². The highest BCUT2D eigenvalue weighted by atomic mass is 16.5. The molecule has 0 unspecified atom stereocenters. The Kier molecular flexibility index (Phi) is 6.73. The number of hydrogen-bond acceptors (Lipinski definition) is 4. The van der Waals surface area contributed by atoms with Crippen LogP contribution < -0.4 is 0 Å². The van der Waals surface area contributed by atoms with Gasteiger partial charge in [-0.15, -0.1) is 0 Å². The summed E-state index contributed by atoms with van der Waals surface area (Å²) in [5.41, 5.74) is 1.06. The Morgan fingerprint density at radius 2 is 1.75 bits per heavy atom. The summed E-state index contributed by atoms with van der Waals surface area (Å²) >= 11 is 0. The second-order valence-electron chi connectivity index (χ2n) is 4.72. The van der Waals surface area contributed by atoms with Crippen molar-refractivity contribution in [2.75, 3.05) is 33.8 Å². The molecule has 0 aliphatic heterocycles. The van der Waals surface area contributed by atoms with E-state index in [0.717, 1.165) is 5.56 Å². The predicted octanol–water partition coefficient (Wildman–Crippen LogP) is 1.14. The first-order valence-corrected chi connectivity index (χ1v) is 6.65. The number of nitrogens with zero attached hydrogens (tertiary/aromatic N) is 2. The molecule has 0 radical (unpaired) electrons. The molecule has 1 rings (SSSR count). The average Bonchev–Trinajstić information content (AvgIpc) is 2.39. The summed E-state index contributed by atoms with van der Waals surface area (Å²) in [4.78, 5) is 26.7. The summed E-state index contributed by atoms with van der Waals surface area (Å²) in [6.45, 7) is 2.96. The van der Waals surface area contributed by atoms with Crippen LogP contribution in [0, 0.1) is 0 Å². The molecule has 20 heavy (non-hydrogen) atoms. The molecule has 0 heterocycles. The van der Waals surface area contributed by atoms with Crippen molar-refractivity contribution in [1.29, 1.82) is 0 Å². The Balaban J connectivity index is 2.68. The van der Waals surface area contributed by atoms with Gasteiger partial charge in [-0.05, 0) is 12.5 Å². The van der Waals surface area contributed by atoms with Crippen molar-refractivity contribution in [3.8, 4) is 0 Å². The Morgan fingerprint density at radius 1 is 1.10 bits per heavy atom. The largest absolute Gasteiger partial charge is 0.465 e. The quantitative estimate of drug-likeness (QED) is 0.702. The van der Waals surface area contributed by atoms with Crippen LogP contribution in [0.1, 0.15) is 12.5 Å². The molecule has 0 saturated carbocycles. The van der Waals surface area contributed by atoms with Gasteiger partial charge in [0.2, 0.25) is 5.91 Å². The van der Waals surface area contributed by atoms with E-state index in [2.05, 4.69) is 0 Å². The molecule has 0 aliphatic rings. The van der Waals surface area contributed by atoms with Gasteiger partial charge >= 0.3 is 5.97 Å².